The molecule has 1 aromatic rings. The zero-order valence-electron chi connectivity index (χ0n) is 15.1. The lowest BCUT2D eigenvalue weighted by Gasteiger charge is -1.99. The molecule has 5 nitrogen and oxygen atoms in total. The Morgan fingerprint density at radius 1 is 1.16 bits per heavy atom. The predicted molar refractivity (Wildman–Crippen MR) is 98.9 cm³/mol. The summed E-state index contributed by atoms with van der Waals surface area (Å²) in [6, 6.07) is 10.0. The Kier molecular flexibility index (Phi) is 11.4. The van der Waals surface area contributed by atoms with E-state index in [1.807, 2.05) is 36.4 Å². The minimum Gasteiger partial charge on any atom is -0.466 e. The lowest BCUT2D eigenvalue weighted by atomic mass is 10.2. The third kappa shape index (κ3) is 12.4. The summed E-state index contributed by atoms with van der Waals surface area (Å²) < 4.78 is 13.9. The van der Waals surface area contributed by atoms with Gasteiger partial charge in [0.15, 0.2) is 0 Å². The highest BCUT2D eigenvalue weighted by atomic mass is 16.6. The number of carbonyl (C=O) groups is 2. The molecule has 0 unspecified atom stereocenters. The molecular formula is C20H26O5. The van der Waals surface area contributed by atoms with Crippen molar-refractivity contribution in [1.29, 1.82) is 0 Å². The van der Waals surface area contributed by atoms with Crippen molar-refractivity contribution in [3.63, 3.8) is 0 Å². The molecule has 0 amide bonds. The van der Waals surface area contributed by atoms with Crippen molar-refractivity contribution in [3.05, 3.63) is 66.8 Å². The van der Waals surface area contributed by atoms with Crippen molar-refractivity contribution in [1.82, 2.24) is 0 Å². The van der Waals surface area contributed by atoms with Crippen LogP contribution in [0.3, 0.4) is 0 Å². The fourth-order valence-electron chi connectivity index (χ4n) is 1.22. The summed E-state index contributed by atoms with van der Waals surface area (Å²) in [4.78, 5) is 20.9. The Hall–Kier alpha value is -2.66. The molecule has 0 saturated carbocycles. The molecule has 2 rings (SSSR count). The lowest BCUT2D eigenvalue weighted by Crippen LogP contribution is -2.09. The third-order valence-corrected chi connectivity index (χ3v) is 2.72. The number of epoxide rings is 1. The van der Waals surface area contributed by atoms with Gasteiger partial charge in [-0.25, -0.2) is 9.59 Å². The predicted octanol–water partition coefficient (Wildman–Crippen LogP) is 3.57. The monoisotopic (exact) mass is 346 g/mol. The van der Waals surface area contributed by atoms with Crippen molar-refractivity contribution in [3.8, 4) is 0 Å². The fourth-order valence-corrected chi connectivity index (χ4v) is 1.22. The second-order valence-corrected chi connectivity index (χ2v) is 5.22. The summed E-state index contributed by atoms with van der Waals surface area (Å²) in [5.74, 6) is -0.685. The maximum Gasteiger partial charge on any atom is 0.333 e. The minimum atomic E-state index is -0.347. The Bertz CT molecular complexity index is 585. The molecule has 1 saturated heterocycles. The number of esters is 2. The lowest BCUT2D eigenvalue weighted by molar-refractivity contribution is -0.139. The van der Waals surface area contributed by atoms with Crippen molar-refractivity contribution in [2.24, 2.45) is 0 Å². The van der Waals surface area contributed by atoms with E-state index in [9.17, 15) is 9.59 Å². The van der Waals surface area contributed by atoms with Gasteiger partial charge in [0, 0.05) is 11.1 Å². The Labute approximate surface area is 149 Å². The largest absolute Gasteiger partial charge is 0.466 e. The van der Waals surface area contributed by atoms with Gasteiger partial charge in [0.25, 0.3) is 0 Å². The van der Waals surface area contributed by atoms with Crippen LogP contribution in [0.2, 0.25) is 0 Å². The first kappa shape index (κ1) is 22.3. The number of benzene rings is 1. The second-order valence-electron chi connectivity index (χ2n) is 5.22. The molecule has 1 aromatic carbocycles. The number of rotatable bonds is 5. The van der Waals surface area contributed by atoms with Crippen molar-refractivity contribution < 1.29 is 23.8 Å². The van der Waals surface area contributed by atoms with Crippen LogP contribution in [0.25, 0.3) is 6.08 Å². The summed E-state index contributed by atoms with van der Waals surface area (Å²) >= 11 is 0. The molecule has 0 aliphatic carbocycles. The third-order valence-electron chi connectivity index (χ3n) is 2.72. The van der Waals surface area contributed by atoms with Crippen LogP contribution in [0, 0.1) is 0 Å². The van der Waals surface area contributed by atoms with E-state index in [1.54, 1.807) is 13.8 Å². The standard InChI is InChI=1S/C8H8.C7H10O3.C5H8O2/c1-2-8-6-4-3-5-7-8;1-5(2)7(8)10-4-6-3-9-6;1-4(2)5(6)7-3/h2-7H,1H2;6H,1,3-4H2,2H3;1H2,2-3H3/t;6-;/m.1./s1. The van der Waals surface area contributed by atoms with E-state index in [0.29, 0.717) is 24.4 Å². The molecule has 1 aliphatic rings. The summed E-state index contributed by atoms with van der Waals surface area (Å²) in [5.41, 5.74) is 2.04. The van der Waals surface area contributed by atoms with Gasteiger partial charge in [-0.3, -0.25) is 0 Å². The van der Waals surface area contributed by atoms with Crippen LogP contribution in [0.15, 0.2) is 61.2 Å². The fraction of sp³-hybridized carbons (Fsp3) is 0.300. The van der Waals surface area contributed by atoms with Gasteiger partial charge in [-0.2, -0.15) is 0 Å². The average Bonchev–Trinajstić information content (AvgIpc) is 3.44. The summed E-state index contributed by atoms with van der Waals surface area (Å²) in [5, 5.41) is 0. The van der Waals surface area contributed by atoms with Gasteiger partial charge in [-0.15, -0.1) is 0 Å². The summed E-state index contributed by atoms with van der Waals surface area (Å²) in [6.07, 6.45) is 1.98. The van der Waals surface area contributed by atoms with E-state index in [4.69, 9.17) is 9.47 Å². The van der Waals surface area contributed by atoms with Crippen LogP contribution in [-0.2, 0) is 23.8 Å². The summed E-state index contributed by atoms with van der Waals surface area (Å²) in [7, 11) is 1.33. The Morgan fingerprint density at radius 2 is 1.68 bits per heavy atom. The number of methoxy groups -OCH3 is 1. The molecule has 5 heteroatoms. The number of carbonyl (C=O) groups excluding carboxylic acids is 2. The number of hydrogen-bond acceptors (Lipinski definition) is 5. The van der Waals surface area contributed by atoms with E-state index < -0.39 is 0 Å². The van der Waals surface area contributed by atoms with Crippen molar-refractivity contribution in [2.75, 3.05) is 20.3 Å². The first-order valence-electron chi connectivity index (χ1n) is 7.67. The molecule has 0 spiro atoms. The van der Waals surface area contributed by atoms with E-state index in [2.05, 4.69) is 24.5 Å². The molecule has 25 heavy (non-hydrogen) atoms. The van der Waals surface area contributed by atoms with E-state index in [0.717, 1.165) is 0 Å². The molecule has 1 atom stereocenters. The highest BCUT2D eigenvalue weighted by Gasteiger charge is 2.24. The topological polar surface area (TPSA) is 65.1 Å². The number of hydrogen-bond donors (Lipinski definition) is 0. The van der Waals surface area contributed by atoms with E-state index >= 15 is 0 Å². The van der Waals surface area contributed by atoms with Gasteiger partial charge in [-0.05, 0) is 19.4 Å². The van der Waals surface area contributed by atoms with Gasteiger partial charge in [0.2, 0.25) is 0 Å². The molecular weight excluding hydrogens is 320 g/mol. The van der Waals surface area contributed by atoms with Crippen LogP contribution in [0.5, 0.6) is 0 Å². The molecule has 136 valence electrons. The van der Waals surface area contributed by atoms with Crippen LogP contribution < -0.4 is 0 Å². The van der Waals surface area contributed by atoms with Crippen LogP contribution in [-0.4, -0.2) is 38.4 Å². The molecule has 1 fully saturated rings. The van der Waals surface area contributed by atoms with Gasteiger partial charge in [0.05, 0.1) is 13.7 Å². The summed E-state index contributed by atoms with van der Waals surface area (Å²) in [6.45, 7) is 14.7. The minimum absolute atomic E-state index is 0.142. The second kappa shape index (κ2) is 12.7. The van der Waals surface area contributed by atoms with Crippen LogP contribution >= 0.6 is 0 Å². The molecule has 0 radical (unpaired) electrons. The highest BCUT2D eigenvalue weighted by molar-refractivity contribution is 5.87. The molecule has 0 aromatic heterocycles. The van der Waals surface area contributed by atoms with Gasteiger partial charge in [-0.1, -0.05) is 56.1 Å². The van der Waals surface area contributed by atoms with Crippen molar-refractivity contribution in [2.45, 2.75) is 20.0 Å². The first-order valence-corrected chi connectivity index (χ1v) is 7.67. The maximum absolute atomic E-state index is 10.7. The quantitative estimate of drug-likeness (QED) is 0.463. The van der Waals surface area contributed by atoms with Gasteiger partial charge >= 0.3 is 11.9 Å². The van der Waals surface area contributed by atoms with E-state index in [-0.39, 0.29) is 18.0 Å². The number of ether oxygens (including phenoxy) is 3. The molecule has 1 heterocycles. The zero-order valence-corrected chi connectivity index (χ0v) is 15.1. The molecule has 0 N–H and O–H groups in total. The molecule has 0 bridgehead atoms. The molecule has 1 aliphatic heterocycles. The van der Waals surface area contributed by atoms with Gasteiger partial charge in [0.1, 0.15) is 12.7 Å². The SMILES string of the molecule is C=C(C)C(=O)OC.C=C(C)C(=O)OC[C@H]1CO1.C=Cc1ccccc1. The maximum atomic E-state index is 10.7. The zero-order chi connectivity index (χ0) is 19.2. The highest BCUT2D eigenvalue weighted by Crippen LogP contribution is 2.09. The average molecular weight is 346 g/mol. The Balaban J connectivity index is 0.000000353. The van der Waals surface area contributed by atoms with Crippen LogP contribution in [0.1, 0.15) is 19.4 Å². The smallest absolute Gasteiger partial charge is 0.333 e. The normalized spacial score (nSPS) is 13.6. The first-order chi connectivity index (χ1) is 11.8. The van der Waals surface area contributed by atoms with E-state index in [1.165, 1.54) is 12.7 Å². The van der Waals surface area contributed by atoms with Crippen LogP contribution in [0.4, 0.5) is 0 Å². The van der Waals surface area contributed by atoms with Crippen molar-refractivity contribution >= 4 is 18.0 Å². The Morgan fingerprint density at radius 3 is 1.96 bits per heavy atom. The van der Waals surface area contributed by atoms with Gasteiger partial charge < -0.3 is 14.2 Å².